The van der Waals surface area contributed by atoms with Crippen LogP contribution in [0.15, 0.2) is 23.1 Å². The van der Waals surface area contributed by atoms with Crippen molar-refractivity contribution in [2.45, 2.75) is 62.3 Å². The number of nitrogens with one attached hydrogen (secondary N) is 1. The van der Waals surface area contributed by atoms with Gasteiger partial charge in [-0.25, -0.2) is 8.42 Å². The molecule has 2 aliphatic rings. The minimum Gasteiger partial charge on any atom is -0.349 e. The highest BCUT2D eigenvalue weighted by molar-refractivity contribution is 7.89. The Bertz CT molecular complexity index is 724. The molecule has 1 aromatic carbocycles. The number of nitrogens with zero attached hydrogens (tertiary/aromatic N) is 1. The zero-order valence-corrected chi connectivity index (χ0v) is 15.9. The van der Waals surface area contributed by atoms with Crippen LogP contribution in [0.25, 0.3) is 0 Å². The highest BCUT2D eigenvalue weighted by Gasteiger charge is 2.27. The van der Waals surface area contributed by atoms with Gasteiger partial charge in [-0.3, -0.25) is 4.79 Å². The summed E-state index contributed by atoms with van der Waals surface area (Å²) in [4.78, 5) is 12.7. The van der Waals surface area contributed by atoms with Crippen LogP contribution in [0.3, 0.4) is 0 Å². The van der Waals surface area contributed by atoms with Crippen LogP contribution in [0.5, 0.6) is 0 Å². The Morgan fingerprint density at radius 2 is 1.68 bits per heavy atom. The summed E-state index contributed by atoms with van der Waals surface area (Å²) in [5.41, 5.74) is 0.241. The molecule has 0 atom stereocenters. The molecule has 0 bridgehead atoms. The molecular formula is C18H25ClN2O3S. The van der Waals surface area contributed by atoms with Gasteiger partial charge < -0.3 is 5.32 Å². The fraction of sp³-hybridized carbons (Fsp3) is 0.611. The van der Waals surface area contributed by atoms with E-state index >= 15 is 0 Å². The Labute approximate surface area is 154 Å². The number of carbonyl (C=O) groups is 1. The topological polar surface area (TPSA) is 66.5 Å². The van der Waals surface area contributed by atoms with Crippen LogP contribution < -0.4 is 5.32 Å². The van der Waals surface area contributed by atoms with Crippen molar-refractivity contribution in [3.63, 3.8) is 0 Å². The molecule has 138 valence electrons. The summed E-state index contributed by atoms with van der Waals surface area (Å²) >= 11 is 6.18. The van der Waals surface area contributed by atoms with Gasteiger partial charge in [0, 0.05) is 19.1 Å². The largest absolute Gasteiger partial charge is 0.349 e. The molecule has 2 fully saturated rings. The summed E-state index contributed by atoms with van der Waals surface area (Å²) in [5, 5.41) is 3.29. The Morgan fingerprint density at radius 1 is 1.04 bits per heavy atom. The summed E-state index contributed by atoms with van der Waals surface area (Å²) in [6, 6.07) is 4.57. The van der Waals surface area contributed by atoms with Crippen molar-refractivity contribution in [1.82, 2.24) is 9.62 Å². The van der Waals surface area contributed by atoms with Crippen LogP contribution in [0.2, 0.25) is 5.02 Å². The Morgan fingerprint density at radius 3 is 2.36 bits per heavy atom. The SMILES string of the molecule is O=C(NC1CCCCC1)c1cc(S(=O)(=O)N2CCCCC2)ccc1Cl. The highest BCUT2D eigenvalue weighted by atomic mass is 35.5. The molecule has 0 spiro atoms. The molecule has 3 rings (SSSR count). The molecule has 1 aromatic rings. The number of benzene rings is 1. The Hall–Kier alpha value is -1.11. The van der Waals surface area contributed by atoms with Gasteiger partial charge in [-0.15, -0.1) is 0 Å². The maximum absolute atomic E-state index is 12.8. The quantitative estimate of drug-likeness (QED) is 0.862. The van der Waals surface area contributed by atoms with E-state index in [1.165, 1.54) is 28.9 Å². The van der Waals surface area contributed by atoms with Crippen LogP contribution in [0, 0.1) is 0 Å². The van der Waals surface area contributed by atoms with Gasteiger partial charge in [-0.2, -0.15) is 4.31 Å². The van der Waals surface area contributed by atoms with E-state index in [4.69, 9.17) is 11.6 Å². The van der Waals surface area contributed by atoms with Gasteiger partial charge in [0.25, 0.3) is 5.91 Å². The summed E-state index contributed by atoms with van der Waals surface area (Å²) < 4.78 is 27.1. The van der Waals surface area contributed by atoms with E-state index in [0.717, 1.165) is 44.9 Å². The second-order valence-electron chi connectivity index (χ2n) is 6.91. The summed E-state index contributed by atoms with van der Waals surface area (Å²) in [5.74, 6) is -0.285. The maximum Gasteiger partial charge on any atom is 0.253 e. The van der Waals surface area contributed by atoms with Gasteiger partial charge in [0.15, 0.2) is 0 Å². The summed E-state index contributed by atoms with van der Waals surface area (Å²) in [7, 11) is -3.57. The lowest BCUT2D eigenvalue weighted by molar-refractivity contribution is 0.0927. The van der Waals surface area contributed by atoms with E-state index < -0.39 is 10.0 Å². The molecule has 0 aromatic heterocycles. The number of amides is 1. The van der Waals surface area contributed by atoms with Gasteiger partial charge in [0.2, 0.25) is 10.0 Å². The number of carbonyl (C=O) groups excluding carboxylic acids is 1. The lowest BCUT2D eigenvalue weighted by Crippen LogP contribution is -2.37. The van der Waals surface area contributed by atoms with E-state index in [0.29, 0.717) is 13.1 Å². The summed E-state index contributed by atoms with van der Waals surface area (Å²) in [6.07, 6.45) is 8.18. The average Bonchev–Trinajstić information content (AvgIpc) is 2.63. The van der Waals surface area contributed by atoms with Crippen molar-refractivity contribution in [3.05, 3.63) is 28.8 Å². The smallest absolute Gasteiger partial charge is 0.253 e. The zero-order chi connectivity index (χ0) is 17.9. The molecule has 5 nitrogen and oxygen atoms in total. The lowest BCUT2D eigenvalue weighted by Gasteiger charge is -2.26. The fourth-order valence-electron chi connectivity index (χ4n) is 3.60. The van der Waals surface area contributed by atoms with Crippen LogP contribution in [0.1, 0.15) is 61.7 Å². The van der Waals surface area contributed by atoms with Crippen molar-refractivity contribution in [1.29, 1.82) is 0 Å². The normalized spacial score (nSPS) is 20.4. The first-order valence-electron chi connectivity index (χ1n) is 9.09. The highest BCUT2D eigenvalue weighted by Crippen LogP contribution is 2.26. The molecule has 0 unspecified atom stereocenters. The van der Waals surface area contributed by atoms with Crippen molar-refractivity contribution in [2.24, 2.45) is 0 Å². The molecule has 1 aliphatic carbocycles. The standard InChI is InChI=1S/C18H25ClN2O3S/c19-17-10-9-15(25(23,24)21-11-5-2-6-12-21)13-16(17)18(22)20-14-7-3-1-4-8-14/h9-10,13-14H,1-8,11-12H2,(H,20,22). The Kier molecular flexibility index (Phi) is 6.02. The predicted molar refractivity (Wildman–Crippen MR) is 98.4 cm³/mol. The zero-order valence-electron chi connectivity index (χ0n) is 14.3. The number of halogens is 1. The molecule has 1 saturated carbocycles. The van der Waals surface area contributed by atoms with Crippen molar-refractivity contribution in [3.8, 4) is 0 Å². The molecule has 1 amide bonds. The third kappa shape index (κ3) is 4.36. The number of piperidine rings is 1. The molecule has 0 radical (unpaired) electrons. The van der Waals surface area contributed by atoms with Crippen LogP contribution in [0.4, 0.5) is 0 Å². The van der Waals surface area contributed by atoms with Gasteiger partial charge in [-0.05, 0) is 43.9 Å². The van der Waals surface area contributed by atoms with E-state index in [9.17, 15) is 13.2 Å². The van der Waals surface area contributed by atoms with Crippen molar-refractivity contribution in [2.75, 3.05) is 13.1 Å². The van der Waals surface area contributed by atoms with Gasteiger partial charge in [0.1, 0.15) is 0 Å². The van der Waals surface area contributed by atoms with Crippen LogP contribution in [-0.2, 0) is 10.0 Å². The molecule has 25 heavy (non-hydrogen) atoms. The maximum atomic E-state index is 12.8. The van der Waals surface area contributed by atoms with Crippen molar-refractivity contribution < 1.29 is 13.2 Å². The van der Waals surface area contributed by atoms with Crippen LogP contribution in [-0.4, -0.2) is 37.8 Å². The monoisotopic (exact) mass is 384 g/mol. The second kappa shape index (κ2) is 8.06. The minimum atomic E-state index is -3.57. The number of sulfonamides is 1. The first kappa shape index (κ1) is 18.7. The fourth-order valence-corrected chi connectivity index (χ4v) is 5.35. The molecular weight excluding hydrogens is 360 g/mol. The van der Waals surface area contributed by atoms with E-state index in [-0.39, 0.29) is 27.4 Å². The predicted octanol–water partition coefficient (Wildman–Crippen LogP) is 3.58. The molecule has 1 aliphatic heterocycles. The number of hydrogen-bond acceptors (Lipinski definition) is 3. The minimum absolute atomic E-state index is 0.146. The number of hydrogen-bond donors (Lipinski definition) is 1. The average molecular weight is 385 g/mol. The van der Waals surface area contributed by atoms with Gasteiger partial charge in [0.05, 0.1) is 15.5 Å². The Balaban J connectivity index is 1.80. The molecule has 1 heterocycles. The van der Waals surface area contributed by atoms with Crippen LogP contribution >= 0.6 is 11.6 Å². The van der Waals surface area contributed by atoms with E-state index in [1.807, 2.05) is 0 Å². The van der Waals surface area contributed by atoms with Crippen molar-refractivity contribution >= 4 is 27.5 Å². The van der Waals surface area contributed by atoms with Gasteiger partial charge in [-0.1, -0.05) is 37.3 Å². The van der Waals surface area contributed by atoms with E-state index in [2.05, 4.69) is 5.32 Å². The molecule has 1 N–H and O–H groups in total. The van der Waals surface area contributed by atoms with Gasteiger partial charge >= 0.3 is 0 Å². The first-order chi connectivity index (χ1) is 12.0. The summed E-state index contributed by atoms with van der Waals surface area (Å²) in [6.45, 7) is 1.07. The molecule has 1 saturated heterocycles. The molecule has 7 heteroatoms. The third-order valence-corrected chi connectivity index (χ3v) is 7.30. The third-order valence-electron chi connectivity index (χ3n) is 5.08. The second-order valence-corrected chi connectivity index (χ2v) is 9.26. The number of rotatable bonds is 4. The lowest BCUT2D eigenvalue weighted by atomic mass is 9.95. The first-order valence-corrected chi connectivity index (χ1v) is 10.9. The van der Waals surface area contributed by atoms with E-state index in [1.54, 1.807) is 0 Å².